The summed E-state index contributed by atoms with van der Waals surface area (Å²) in [5.41, 5.74) is 1.03. The number of aromatic nitrogens is 1. The van der Waals surface area contributed by atoms with Gasteiger partial charge in [-0.3, -0.25) is 9.69 Å². The summed E-state index contributed by atoms with van der Waals surface area (Å²) >= 11 is 0. The Balaban J connectivity index is 1.51. The molecule has 9 heteroatoms. The number of piperazine rings is 1. The number of amides is 1. The summed E-state index contributed by atoms with van der Waals surface area (Å²) in [5.74, 6) is 4.04. The average Bonchev–Trinajstić information content (AvgIpc) is 2.84. The molecular weight excluding hydrogens is 424 g/mol. The van der Waals surface area contributed by atoms with Gasteiger partial charge < -0.3 is 29.5 Å². The zero-order valence-electron chi connectivity index (χ0n) is 19.0. The van der Waals surface area contributed by atoms with Crippen molar-refractivity contribution in [3.63, 3.8) is 0 Å². The van der Waals surface area contributed by atoms with E-state index < -0.39 is 6.10 Å². The number of hydrogen-bond donors (Lipinski definition) is 2. The molecule has 1 amide bonds. The second-order valence-corrected chi connectivity index (χ2v) is 7.62. The standard InChI is InChI=1S/C24H30N4O5/c1-4-11-33-17-20(29)16-27-7-9-28(10-8-27)23-6-5-19(15-25-23)26-24(30)18-12-21(31-2)14-22(13-18)32-3/h1,5-6,12-15,20,29H,7-11,16-17H2,2-3H3,(H,26,30). The molecule has 2 aromatic rings. The van der Waals surface area contributed by atoms with Crippen LogP contribution in [-0.4, -0.2) is 87.2 Å². The van der Waals surface area contributed by atoms with Gasteiger partial charge in [0, 0.05) is 44.4 Å². The molecule has 1 aromatic carbocycles. The Hall–Kier alpha value is -3.32. The number of aliphatic hydroxyl groups is 1. The van der Waals surface area contributed by atoms with Gasteiger partial charge >= 0.3 is 0 Å². The minimum Gasteiger partial charge on any atom is -0.497 e. The molecule has 2 heterocycles. The lowest BCUT2D eigenvalue weighted by molar-refractivity contribution is 0.0267. The van der Waals surface area contributed by atoms with Crippen molar-refractivity contribution in [2.75, 3.05) is 70.4 Å². The van der Waals surface area contributed by atoms with E-state index in [-0.39, 0.29) is 19.1 Å². The van der Waals surface area contributed by atoms with Crippen molar-refractivity contribution in [2.24, 2.45) is 0 Å². The molecule has 2 N–H and O–H groups in total. The number of anilines is 2. The Labute approximate surface area is 194 Å². The Bertz CT molecular complexity index is 930. The van der Waals surface area contributed by atoms with E-state index in [1.54, 1.807) is 24.4 Å². The van der Waals surface area contributed by atoms with Crippen molar-refractivity contribution in [1.29, 1.82) is 0 Å². The Morgan fingerprint density at radius 3 is 2.45 bits per heavy atom. The Kier molecular flexibility index (Phi) is 8.89. The molecule has 0 spiro atoms. The first-order chi connectivity index (χ1) is 16.0. The highest BCUT2D eigenvalue weighted by Crippen LogP contribution is 2.23. The lowest BCUT2D eigenvalue weighted by Crippen LogP contribution is -2.49. The molecule has 1 unspecified atom stereocenters. The summed E-state index contributed by atoms with van der Waals surface area (Å²) in [6.45, 7) is 4.20. The molecule has 0 radical (unpaired) electrons. The number of nitrogens with zero attached hydrogens (tertiary/aromatic N) is 3. The molecule has 1 aromatic heterocycles. The van der Waals surface area contributed by atoms with Crippen LogP contribution in [0, 0.1) is 12.3 Å². The number of pyridine rings is 1. The highest BCUT2D eigenvalue weighted by Gasteiger charge is 2.20. The summed E-state index contributed by atoms with van der Waals surface area (Å²) in [4.78, 5) is 21.5. The number of carbonyl (C=O) groups excluding carboxylic acids is 1. The first-order valence-electron chi connectivity index (χ1n) is 10.7. The summed E-state index contributed by atoms with van der Waals surface area (Å²) in [5, 5.41) is 12.9. The lowest BCUT2D eigenvalue weighted by Gasteiger charge is -2.36. The molecule has 1 fully saturated rings. The molecule has 176 valence electrons. The van der Waals surface area contributed by atoms with Crippen LogP contribution in [0.1, 0.15) is 10.4 Å². The Morgan fingerprint density at radius 2 is 1.88 bits per heavy atom. The van der Waals surface area contributed by atoms with Gasteiger partial charge in [-0.1, -0.05) is 5.92 Å². The van der Waals surface area contributed by atoms with Gasteiger partial charge in [0.25, 0.3) is 5.91 Å². The second-order valence-electron chi connectivity index (χ2n) is 7.62. The monoisotopic (exact) mass is 454 g/mol. The van der Waals surface area contributed by atoms with Gasteiger partial charge in [-0.25, -0.2) is 4.98 Å². The molecule has 1 aliphatic heterocycles. The number of methoxy groups -OCH3 is 2. The van der Waals surface area contributed by atoms with Gasteiger partial charge in [0.2, 0.25) is 0 Å². The predicted octanol–water partition coefficient (Wildman–Crippen LogP) is 1.48. The molecule has 1 saturated heterocycles. The number of terminal acetylenes is 1. The molecule has 9 nitrogen and oxygen atoms in total. The maximum atomic E-state index is 12.6. The van der Waals surface area contributed by atoms with Gasteiger partial charge in [0.15, 0.2) is 0 Å². The zero-order chi connectivity index (χ0) is 23.6. The highest BCUT2D eigenvalue weighted by atomic mass is 16.5. The van der Waals surface area contributed by atoms with E-state index in [9.17, 15) is 9.90 Å². The van der Waals surface area contributed by atoms with Crippen LogP contribution >= 0.6 is 0 Å². The van der Waals surface area contributed by atoms with E-state index >= 15 is 0 Å². The number of β-amino-alcohol motifs (C(OH)–C–C–N with tert-alkyl or cyclic N) is 1. The van der Waals surface area contributed by atoms with Crippen molar-refractivity contribution in [3.8, 4) is 23.8 Å². The van der Waals surface area contributed by atoms with E-state index in [0.717, 1.165) is 32.0 Å². The number of ether oxygens (including phenoxy) is 3. The fourth-order valence-electron chi connectivity index (χ4n) is 3.55. The van der Waals surface area contributed by atoms with E-state index in [0.29, 0.717) is 29.3 Å². The third kappa shape index (κ3) is 7.08. The van der Waals surface area contributed by atoms with Crippen molar-refractivity contribution in [2.45, 2.75) is 6.10 Å². The van der Waals surface area contributed by atoms with Crippen molar-refractivity contribution < 1.29 is 24.1 Å². The Morgan fingerprint density at radius 1 is 1.18 bits per heavy atom. The van der Waals surface area contributed by atoms with Gasteiger partial charge in [0.1, 0.15) is 23.9 Å². The highest BCUT2D eigenvalue weighted by molar-refractivity contribution is 6.04. The molecule has 1 aliphatic rings. The van der Waals surface area contributed by atoms with Crippen LogP contribution in [0.3, 0.4) is 0 Å². The number of aliphatic hydroxyl groups excluding tert-OH is 1. The number of benzene rings is 1. The van der Waals surface area contributed by atoms with Crippen LogP contribution in [0.4, 0.5) is 11.5 Å². The third-order valence-corrected chi connectivity index (χ3v) is 5.28. The number of rotatable bonds is 10. The smallest absolute Gasteiger partial charge is 0.255 e. The first-order valence-corrected chi connectivity index (χ1v) is 10.7. The van der Waals surface area contributed by atoms with E-state index in [1.165, 1.54) is 14.2 Å². The van der Waals surface area contributed by atoms with E-state index in [1.807, 2.05) is 12.1 Å². The molecule has 0 bridgehead atoms. The van der Waals surface area contributed by atoms with E-state index in [2.05, 4.69) is 26.0 Å². The van der Waals surface area contributed by atoms with Crippen LogP contribution < -0.4 is 19.7 Å². The quantitative estimate of drug-likeness (QED) is 0.412. The normalized spacial score (nSPS) is 14.9. The van der Waals surface area contributed by atoms with E-state index in [4.69, 9.17) is 20.6 Å². The molecule has 3 rings (SSSR count). The summed E-state index contributed by atoms with van der Waals surface area (Å²) in [6, 6.07) is 8.73. The van der Waals surface area contributed by atoms with Crippen LogP contribution in [-0.2, 0) is 4.74 Å². The molecule has 0 aliphatic carbocycles. The average molecular weight is 455 g/mol. The number of hydrogen-bond acceptors (Lipinski definition) is 8. The zero-order valence-corrected chi connectivity index (χ0v) is 19.0. The summed E-state index contributed by atoms with van der Waals surface area (Å²) < 4.78 is 15.6. The maximum Gasteiger partial charge on any atom is 0.255 e. The summed E-state index contributed by atoms with van der Waals surface area (Å²) in [6.07, 6.45) is 6.22. The van der Waals surface area contributed by atoms with Crippen LogP contribution in [0.25, 0.3) is 0 Å². The number of nitrogens with one attached hydrogen (secondary N) is 1. The van der Waals surface area contributed by atoms with Crippen molar-refractivity contribution in [3.05, 3.63) is 42.1 Å². The van der Waals surface area contributed by atoms with Gasteiger partial charge in [-0.2, -0.15) is 0 Å². The second kappa shape index (κ2) is 12.1. The fourth-order valence-corrected chi connectivity index (χ4v) is 3.55. The lowest BCUT2D eigenvalue weighted by atomic mass is 10.2. The minimum absolute atomic E-state index is 0.209. The molecule has 0 saturated carbocycles. The molecule has 1 atom stereocenters. The van der Waals surface area contributed by atoms with Gasteiger partial charge in [-0.05, 0) is 24.3 Å². The predicted molar refractivity (Wildman–Crippen MR) is 126 cm³/mol. The largest absolute Gasteiger partial charge is 0.497 e. The van der Waals surface area contributed by atoms with Crippen LogP contribution in [0.15, 0.2) is 36.5 Å². The summed E-state index contributed by atoms with van der Waals surface area (Å²) in [7, 11) is 3.08. The molecule has 33 heavy (non-hydrogen) atoms. The van der Waals surface area contributed by atoms with Crippen LogP contribution in [0.5, 0.6) is 11.5 Å². The molecular formula is C24H30N4O5. The minimum atomic E-state index is -0.560. The van der Waals surface area contributed by atoms with Gasteiger partial charge in [0.05, 0.1) is 38.8 Å². The van der Waals surface area contributed by atoms with Gasteiger partial charge in [-0.15, -0.1) is 6.42 Å². The topological polar surface area (TPSA) is 96.4 Å². The maximum absolute atomic E-state index is 12.6. The van der Waals surface area contributed by atoms with Crippen molar-refractivity contribution in [1.82, 2.24) is 9.88 Å². The van der Waals surface area contributed by atoms with Crippen LogP contribution in [0.2, 0.25) is 0 Å². The SMILES string of the molecule is C#CCOCC(O)CN1CCN(c2ccc(NC(=O)c3cc(OC)cc(OC)c3)cn2)CC1. The first kappa shape index (κ1) is 24.3. The number of carbonyl (C=O) groups is 1. The fraction of sp³-hybridized carbons (Fsp3) is 0.417. The third-order valence-electron chi connectivity index (χ3n) is 5.28. The van der Waals surface area contributed by atoms with Crippen molar-refractivity contribution >= 4 is 17.4 Å².